The van der Waals surface area contributed by atoms with Gasteiger partial charge >= 0.3 is 5.97 Å². The van der Waals surface area contributed by atoms with E-state index >= 15 is 0 Å². The van der Waals surface area contributed by atoms with E-state index in [-0.39, 0.29) is 152 Å². The molecular formula is C53H105N23O10S. The summed E-state index contributed by atoms with van der Waals surface area (Å²) in [6.45, 7) is 7.87. The number of carbonyl (C=O) groups excluding carboxylic acids is 8. The van der Waals surface area contributed by atoms with Gasteiger partial charge in [-0.3, -0.25) is 58.3 Å². The molecule has 0 rings (SSSR count). The summed E-state index contributed by atoms with van der Waals surface area (Å²) < 4.78 is 0. The molecule has 0 aromatic rings. The Hall–Kier alpha value is -7.46. The Morgan fingerprint density at radius 2 is 0.609 bits per heavy atom. The SMILES string of the molecule is CSCC[C@H](N)C(=O)N[C@@H](CC(C)C)C(=O)N[C@@H](CCCN=C(N)N)C(=O)N[C@@H](CCCCN)C(=O)N[C@@H](CCCN=C(N)N)C(=O)N[C@@H](CCCN=C(N)N)C(=O)N[C@@H](CCCCN)C(=O)N[C@@H](CCCN=C(N)N)C(=O)N[C@@H](CC(C)C)C(=O)O. The van der Waals surface area contributed by atoms with Crippen LogP contribution < -0.4 is 106 Å². The van der Waals surface area contributed by atoms with Gasteiger partial charge in [0.15, 0.2) is 23.8 Å². The van der Waals surface area contributed by atoms with Crippen LogP contribution in [0.25, 0.3) is 0 Å². The van der Waals surface area contributed by atoms with Gasteiger partial charge in [-0.1, -0.05) is 27.7 Å². The van der Waals surface area contributed by atoms with Gasteiger partial charge in [0.2, 0.25) is 47.3 Å². The first-order valence-corrected chi connectivity index (χ1v) is 31.0. The highest BCUT2D eigenvalue weighted by atomic mass is 32.2. The van der Waals surface area contributed by atoms with Gasteiger partial charge in [-0.15, -0.1) is 0 Å². The predicted molar refractivity (Wildman–Crippen MR) is 338 cm³/mol. The van der Waals surface area contributed by atoms with Crippen LogP contribution in [0.1, 0.15) is 137 Å². The van der Waals surface area contributed by atoms with E-state index in [1.165, 1.54) is 11.8 Å². The molecule has 0 unspecified atom stereocenters. The number of nitrogens with one attached hydrogen (secondary N) is 8. The molecule has 0 bridgehead atoms. The van der Waals surface area contributed by atoms with E-state index in [0.29, 0.717) is 37.9 Å². The van der Waals surface area contributed by atoms with Gasteiger partial charge in [0.25, 0.3) is 0 Å². The number of carboxylic acid groups (broad SMARTS) is 1. The molecule has 31 N–H and O–H groups in total. The van der Waals surface area contributed by atoms with Crippen molar-refractivity contribution in [3.63, 3.8) is 0 Å². The third kappa shape index (κ3) is 37.7. The number of guanidine groups is 4. The number of thioether (sulfide) groups is 1. The van der Waals surface area contributed by atoms with E-state index in [0.717, 1.165) is 0 Å². The highest BCUT2D eigenvalue weighted by Crippen LogP contribution is 2.13. The molecule has 9 atom stereocenters. The number of amides is 8. The standard InChI is InChI=1S/C53H105N23O10S/c1-30(2)28-39(75-41(77)32(56)20-27-87-5)48(84)74-37(18-12-25-67-52(61)62)46(82)70-33(14-6-8-21-54)42(78)71-36(17-11-24-66-51(59)60)45(81)72-35(16-10-23-65-50(57)58)44(80)69-34(15-7-9-22-55)43(79)73-38(19-13-26-68-53(63)64)47(83)76-40(49(85)86)29-31(3)4/h30-40H,6-29,54-56H2,1-5H3,(H,69,80)(H,70,82)(H,71,78)(H,72,81)(H,73,79)(H,74,84)(H,75,77)(H,76,83)(H,85,86)(H4,57,58,65)(H4,59,60,66)(H4,61,62,67)(H4,63,64,68)/t32-,33-,34-,35-,36-,37-,38-,39-,40-/m0/s1. The van der Waals surface area contributed by atoms with Crippen LogP contribution in [0.4, 0.5) is 0 Å². The van der Waals surface area contributed by atoms with E-state index in [1.807, 2.05) is 20.1 Å². The summed E-state index contributed by atoms with van der Waals surface area (Å²) in [5, 5.41) is 31.4. The molecule has 87 heavy (non-hydrogen) atoms. The Balaban J connectivity index is 7.39. The fraction of sp³-hybridized carbons (Fsp3) is 0.755. The smallest absolute Gasteiger partial charge is 0.326 e. The summed E-state index contributed by atoms with van der Waals surface area (Å²) >= 11 is 1.51. The largest absolute Gasteiger partial charge is 0.480 e. The fourth-order valence-electron chi connectivity index (χ4n) is 8.57. The molecule has 0 aromatic heterocycles. The molecular weight excluding hydrogens is 1150 g/mol. The second kappa shape index (κ2) is 45.8. The molecule has 0 fully saturated rings. The summed E-state index contributed by atoms with van der Waals surface area (Å²) in [5.74, 6) is -8.04. The molecule has 0 heterocycles. The zero-order chi connectivity index (χ0) is 66.0. The zero-order valence-corrected chi connectivity index (χ0v) is 52.3. The van der Waals surface area contributed by atoms with Crippen molar-refractivity contribution in [3.05, 3.63) is 0 Å². The summed E-state index contributed by atoms with van der Waals surface area (Å²) in [6, 6.07) is -11.5. The third-order valence-electron chi connectivity index (χ3n) is 13.1. The number of hydrogen-bond acceptors (Lipinski definition) is 17. The summed E-state index contributed by atoms with van der Waals surface area (Å²) in [5.41, 5.74) is 62.2. The maximum Gasteiger partial charge on any atom is 0.326 e. The molecule has 0 aliphatic heterocycles. The van der Waals surface area contributed by atoms with Crippen molar-refractivity contribution in [2.75, 3.05) is 51.3 Å². The third-order valence-corrected chi connectivity index (χ3v) is 13.7. The van der Waals surface area contributed by atoms with E-state index in [2.05, 4.69) is 62.5 Å². The molecule has 0 radical (unpaired) electrons. The highest BCUT2D eigenvalue weighted by molar-refractivity contribution is 7.98. The quantitative estimate of drug-likeness (QED) is 0.0154. The Morgan fingerprint density at radius 1 is 0.368 bits per heavy atom. The fourth-order valence-corrected chi connectivity index (χ4v) is 9.06. The number of carboxylic acids is 1. The van der Waals surface area contributed by atoms with Crippen LogP contribution >= 0.6 is 11.8 Å². The maximum absolute atomic E-state index is 14.6. The Morgan fingerprint density at radius 3 is 0.851 bits per heavy atom. The van der Waals surface area contributed by atoms with Gasteiger partial charge in [-0.2, -0.15) is 11.8 Å². The Bertz CT molecular complexity index is 2240. The minimum Gasteiger partial charge on any atom is -0.480 e. The molecule has 498 valence electrons. The summed E-state index contributed by atoms with van der Waals surface area (Å²) in [6.07, 6.45) is 4.25. The topological polar surface area (TPSA) is 606 Å². The van der Waals surface area contributed by atoms with Crippen LogP contribution in [-0.2, 0) is 43.2 Å². The molecule has 0 aliphatic carbocycles. The average molecular weight is 1260 g/mol. The van der Waals surface area contributed by atoms with E-state index in [1.54, 1.807) is 13.8 Å². The molecule has 8 amide bonds. The Labute approximate surface area is 515 Å². The predicted octanol–water partition coefficient (Wildman–Crippen LogP) is -5.41. The highest BCUT2D eigenvalue weighted by Gasteiger charge is 2.35. The van der Waals surface area contributed by atoms with Crippen molar-refractivity contribution in [3.8, 4) is 0 Å². The monoisotopic (exact) mass is 1260 g/mol. The van der Waals surface area contributed by atoms with Crippen LogP contribution in [-0.4, -0.2) is 188 Å². The lowest BCUT2D eigenvalue weighted by Crippen LogP contribution is -2.60. The molecule has 34 heteroatoms. The summed E-state index contributed by atoms with van der Waals surface area (Å²) in [4.78, 5) is 141. The normalized spacial score (nSPS) is 14.1. The molecule has 0 saturated carbocycles. The van der Waals surface area contributed by atoms with Crippen molar-refractivity contribution >= 4 is 88.8 Å². The van der Waals surface area contributed by atoms with Gasteiger partial charge in [-0.05, 0) is 146 Å². The van der Waals surface area contributed by atoms with Crippen molar-refractivity contribution < 1.29 is 48.3 Å². The van der Waals surface area contributed by atoms with Crippen molar-refractivity contribution in [2.24, 2.45) is 94.9 Å². The first kappa shape index (κ1) is 79.5. The van der Waals surface area contributed by atoms with Crippen molar-refractivity contribution in [2.45, 2.75) is 191 Å². The number of hydrogen-bond donors (Lipinski definition) is 20. The number of rotatable bonds is 48. The molecule has 33 nitrogen and oxygen atoms in total. The lowest BCUT2D eigenvalue weighted by molar-refractivity contribution is -0.143. The number of aliphatic carboxylic acids is 1. The van der Waals surface area contributed by atoms with E-state index in [4.69, 9.17) is 63.1 Å². The number of carbonyl (C=O) groups is 9. The molecule has 0 spiro atoms. The van der Waals surface area contributed by atoms with Crippen LogP contribution in [0.2, 0.25) is 0 Å². The lowest BCUT2D eigenvalue weighted by atomic mass is 10.0. The van der Waals surface area contributed by atoms with Gasteiger partial charge in [0.1, 0.15) is 48.3 Å². The van der Waals surface area contributed by atoms with Gasteiger partial charge < -0.3 is 111 Å². The van der Waals surface area contributed by atoms with Crippen LogP contribution in [0.15, 0.2) is 20.0 Å². The Kier molecular flexibility index (Phi) is 41.9. The summed E-state index contributed by atoms with van der Waals surface area (Å²) in [7, 11) is 0. The van der Waals surface area contributed by atoms with Crippen molar-refractivity contribution in [1.82, 2.24) is 42.5 Å². The zero-order valence-electron chi connectivity index (χ0n) is 51.5. The second-order valence-corrected chi connectivity index (χ2v) is 22.8. The number of unbranched alkanes of at least 4 members (excludes halogenated alkanes) is 2. The van der Waals surface area contributed by atoms with Gasteiger partial charge in [0, 0.05) is 26.2 Å². The van der Waals surface area contributed by atoms with Gasteiger partial charge in [-0.25, -0.2) is 4.79 Å². The van der Waals surface area contributed by atoms with Crippen LogP contribution in [0.3, 0.4) is 0 Å². The molecule has 0 aliphatic rings. The van der Waals surface area contributed by atoms with Crippen LogP contribution in [0.5, 0.6) is 0 Å². The average Bonchev–Trinajstić information content (AvgIpc) is 3.38. The van der Waals surface area contributed by atoms with E-state index < -0.39 is 108 Å². The number of nitrogens with zero attached hydrogens (tertiary/aromatic N) is 4. The minimum atomic E-state index is -1.43. The second-order valence-electron chi connectivity index (χ2n) is 21.8. The first-order valence-electron chi connectivity index (χ1n) is 29.6. The maximum atomic E-state index is 14.6. The number of aliphatic imine (C=N–C) groups is 4. The van der Waals surface area contributed by atoms with Gasteiger partial charge in [0.05, 0.1) is 6.04 Å². The lowest BCUT2D eigenvalue weighted by Gasteiger charge is -2.28. The minimum absolute atomic E-state index is 0.000705. The molecule has 0 saturated heterocycles. The van der Waals surface area contributed by atoms with Crippen LogP contribution in [0, 0.1) is 11.8 Å². The molecule has 0 aromatic carbocycles. The number of nitrogens with two attached hydrogens (primary N) is 11. The van der Waals surface area contributed by atoms with E-state index in [9.17, 15) is 48.3 Å². The first-order chi connectivity index (χ1) is 41.1. The van der Waals surface area contributed by atoms with Crippen molar-refractivity contribution in [1.29, 1.82) is 0 Å².